The molecule has 4 aromatic rings. The molecular weight excluding hydrogens is 448 g/mol. The van der Waals surface area contributed by atoms with E-state index in [1.807, 2.05) is 54.1 Å². The number of halogens is 2. The summed E-state index contributed by atoms with van der Waals surface area (Å²) in [4.78, 5) is 4.52. The molecule has 0 saturated carbocycles. The van der Waals surface area contributed by atoms with Gasteiger partial charge in [-0.2, -0.15) is 10.1 Å². The molecule has 25 heavy (non-hydrogen) atoms. The SMILES string of the molecule is Cn1c2ccccc2c2nnc(N/N=C/c3cc(Br)cc(Br)c3)nc21. The molecule has 0 aliphatic carbocycles. The molecule has 2 aromatic carbocycles. The lowest BCUT2D eigenvalue weighted by molar-refractivity contribution is 0.949. The van der Waals surface area contributed by atoms with Crippen molar-refractivity contribution in [2.24, 2.45) is 12.1 Å². The number of aromatic nitrogens is 4. The van der Waals surface area contributed by atoms with Crippen molar-refractivity contribution in [2.45, 2.75) is 0 Å². The Morgan fingerprint density at radius 3 is 2.64 bits per heavy atom. The molecule has 4 rings (SSSR count). The van der Waals surface area contributed by atoms with Crippen molar-refractivity contribution in [1.29, 1.82) is 0 Å². The maximum Gasteiger partial charge on any atom is 0.265 e. The number of hydrogen-bond acceptors (Lipinski definition) is 5. The summed E-state index contributed by atoms with van der Waals surface area (Å²) >= 11 is 6.90. The fourth-order valence-corrected chi connectivity index (χ4v) is 4.00. The van der Waals surface area contributed by atoms with Gasteiger partial charge in [-0.05, 0) is 29.8 Å². The highest BCUT2D eigenvalue weighted by Crippen LogP contribution is 2.24. The summed E-state index contributed by atoms with van der Waals surface area (Å²) in [6.45, 7) is 0. The second-order valence-electron chi connectivity index (χ2n) is 5.46. The Balaban J connectivity index is 1.65. The molecule has 0 saturated heterocycles. The first-order valence-corrected chi connectivity index (χ1v) is 9.03. The second kappa shape index (κ2) is 6.53. The molecule has 0 amide bonds. The summed E-state index contributed by atoms with van der Waals surface area (Å²) < 4.78 is 3.94. The maximum absolute atomic E-state index is 4.52. The van der Waals surface area contributed by atoms with Crippen molar-refractivity contribution in [3.8, 4) is 0 Å². The molecule has 2 heterocycles. The minimum atomic E-state index is 0.351. The minimum Gasteiger partial charge on any atom is -0.327 e. The van der Waals surface area contributed by atoms with Crippen LogP contribution < -0.4 is 5.43 Å². The van der Waals surface area contributed by atoms with Crippen LogP contribution in [0, 0.1) is 0 Å². The van der Waals surface area contributed by atoms with Gasteiger partial charge in [-0.25, -0.2) is 5.43 Å². The van der Waals surface area contributed by atoms with Gasteiger partial charge in [0.05, 0.1) is 11.7 Å². The number of fused-ring (bicyclic) bond motifs is 3. The normalized spacial score (nSPS) is 11.6. The van der Waals surface area contributed by atoms with E-state index in [1.165, 1.54) is 0 Å². The molecule has 0 atom stereocenters. The third kappa shape index (κ3) is 3.14. The summed E-state index contributed by atoms with van der Waals surface area (Å²) in [6.07, 6.45) is 1.70. The van der Waals surface area contributed by atoms with E-state index >= 15 is 0 Å². The number of nitrogens with one attached hydrogen (secondary N) is 1. The Kier molecular flexibility index (Phi) is 4.22. The van der Waals surface area contributed by atoms with E-state index in [4.69, 9.17) is 0 Å². The molecule has 0 radical (unpaired) electrons. The van der Waals surface area contributed by atoms with Gasteiger partial charge >= 0.3 is 0 Å². The molecule has 2 aromatic heterocycles. The molecule has 8 heteroatoms. The zero-order chi connectivity index (χ0) is 17.4. The summed E-state index contributed by atoms with van der Waals surface area (Å²) in [6, 6.07) is 13.9. The summed E-state index contributed by atoms with van der Waals surface area (Å²) in [5.41, 5.74) is 6.39. The largest absolute Gasteiger partial charge is 0.327 e. The third-order valence-corrected chi connectivity index (χ3v) is 4.69. The van der Waals surface area contributed by atoms with Crippen molar-refractivity contribution in [3.05, 3.63) is 57.0 Å². The maximum atomic E-state index is 4.52. The highest BCUT2D eigenvalue weighted by atomic mass is 79.9. The monoisotopic (exact) mass is 458 g/mol. The van der Waals surface area contributed by atoms with Crippen LogP contribution in [-0.2, 0) is 7.05 Å². The lowest BCUT2D eigenvalue weighted by Crippen LogP contribution is -2.00. The highest BCUT2D eigenvalue weighted by molar-refractivity contribution is 9.11. The van der Waals surface area contributed by atoms with E-state index in [1.54, 1.807) is 6.21 Å². The zero-order valence-corrected chi connectivity index (χ0v) is 16.3. The first kappa shape index (κ1) is 16.2. The molecule has 0 aliphatic heterocycles. The quantitative estimate of drug-likeness (QED) is 0.362. The lowest BCUT2D eigenvalue weighted by atomic mass is 10.2. The van der Waals surface area contributed by atoms with Crippen molar-refractivity contribution < 1.29 is 0 Å². The molecule has 1 N–H and O–H groups in total. The average molecular weight is 460 g/mol. The first-order chi connectivity index (χ1) is 12.1. The Bertz CT molecular complexity index is 1100. The Labute approximate surface area is 160 Å². The van der Waals surface area contributed by atoms with E-state index in [0.29, 0.717) is 5.95 Å². The van der Waals surface area contributed by atoms with Crippen LogP contribution in [0.5, 0.6) is 0 Å². The van der Waals surface area contributed by atoms with Gasteiger partial charge in [0.2, 0.25) is 0 Å². The van der Waals surface area contributed by atoms with E-state index in [9.17, 15) is 0 Å². The molecule has 0 fully saturated rings. The molecule has 0 bridgehead atoms. The second-order valence-corrected chi connectivity index (χ2v) is 7.29. The van der Waals surface area contributed by atoms with Gasteiger partial charge in [0, 0.05) is 21.4 Å². The van der Waals surface area contributed by atoms with Crippen molar-refractivity contribution in [1.82, 2.24) is 19.7 Å². The number of hydrogen-bond donors (Lipinski definition) is 1. The summed E-state index contributed by atoms with van der Waals surface area (Å²) in [5, 5.41) is 13.6. The van der Waals surface area contributed by atoms with E-state index in [2.05, 4.69) is 57.6 Å². The lowest BCUT2D eigenvalue weighted by Gasteiger charge is -2.00. The van der Waals surface area contributed by atoms with Gasteiger partial charge in [-0.15, -0.1) is 10.2 Å². The van der Waals surface area contributed by atoms with Crippen LogP contribution in [0.15, 0.2) is 56.5 Å². The minimum absolute atomic E-state index is 0.351. The fraction of sp³-hybridized carbons (Fsp3) is 0.0588. The molecule has 6 nitrogen and oxygen atoms in total. The van der Waals surface area contributed by atoms with E-state index < -0.39 is 0 Å². The molecule has 0 aliphatic rings. The van der Waals surface area contributed by atoms with Gasteiger partial charge in [-0.1, -0.05) is 50.1 Å². The molecule has 124 valence electrons. The van der Waals surface area contributed by atoms with Crippen molar-refractivity contribution in [2.75, 3.05) is 5.43 Å². The molecular formula is C17H12Br2N6. The Hall–Kier alpha value is -2.32. The highest BCUT2D eigenvalue weighted by Gasteiger charge is 2.11. The van der Waals surface area contributed by atoms with Gasteiger partial charge in [-0.3, -0.25) is 0 Å². The van der Waals surface area contributed by atoms with Crippen LogP contribution in [0.25, 0.3) is 22.1 Å². The summed E-state index contributed by atoms with van der Waals surface area (Å²) in [7, 11) is 1.96. The van der Waals surface area contributed by atoms with Crippen molar-refractivity contribution in [3.63, 3.8) is 0 Å². The molecule has 0 unspecified atom stereocenters. The number of nitrogens with zero attached hydrogens (tertiary/aromatic N) is 5. The number of benzene rings is 2. The summed E-state index contributed by atoms with van der Waals surface area (Å²) in [5.74, 6) is 0.351. The Morgan fingerprint density at radius 1 is 1.08 bits per heavy atom. The van der Waals surface area contributed by atoms with Crippen LogP contribution in [-0.4, -0.2) is 26.0 Å². The predicted molar refractivity (Wildman–Crippen MR) is 107 cm³/mol. The van der Waals surface area contributed by atoms with Gasteiger partial charge in [0.25, 0.3) is 5.95 Å². The number of anilines is 1. The smallest absolute Gasteiger partial charge is 0.265 e. The average Bonchev–Trinajstić information content (AvgIpc) is 2.87. The topological polar surface area (TPSA) is 68.0 Å². The van der Waals surface area contributed by atoms with Crippen LogP contribution >= 0.6 is 31.9 Å². The molecule has 0 spiro atoms. The number of para-hydroxylation sites is 1. The van der Waals surface area contributed by atoms with Crippen LogP contribution in [0.2, 0.25) is 0 Å². The third-order valence-electron chi connectivity index (χ3n) is 3.77. The van der Waals surface area contributed by atoms with Crippen LogP contribution in [0.4, 0.5) is 5.95 Å². The number of hydrazone groups is 1. The number of aryl methyl sites for hydroxylation is 1. The van der Waals surface area contributed by atoms with Gasteiger partial charge in [0.15, 0.2) is 5.65 Å². The van der Waals surface area contributed by atoms with Crippen LogP contribution in [0.1, 0.15) is 5.56 Å². The van der Waals surface area contributed by atoms with Crippen LogP contribution in [0.3, 0.4) is 0 Å². The predicted octanol–water partition coefficient (Wildman–Crippen LogP) is 4.49. The standard InChI is InChI=1S/C17H12Br2N6/c1-25-14-5-3-2-4-13(14)15-16(25)21-17(24-22-15)23-20-9-10-6-11(18)8-12(19)7-10/h2-9H,1H3,(H,21,23,24)/b20-9+. The van der Waals surface area contributed by atoms with E-state index in [0.717, 1.165) is 36.6 Å². The fourth-order valence-electron chi connectivity index (χ4n) is 2.67. The van der Waals surface area contributed by atoms with Crippen molar-refractivity contribution >= 4 is 66.1 Å². The van der Waals surface area contributed by atoms with Gasteiger partial charge in [0.1, 0.15) is 5.52 Å². The number of rotatable bonds is 3. The Morgan fingerprint density at radius 2 is 1.84 bits per heavy atom. The van der Waals surface area contributed by atoms with E-state index in [-0.39, 0.29) is 0 Å². The van der Waals surface area contributed by atoms with Gasteiger partial charge < -0.3 is 4.57 Å². The first-order valence-electron chi connectivity index (χ1n) is 7.45. The zero-order valence-electron chi connectivity index (χ0n) is 13.1.